The summed E-state index contributed by atoms with van der Waals surface area (Å²) in [4.78, 5) is 12.1. The van der Waals surface area contributed by atoms with Gasteiger partial charge >= 0.3 is 5.69 Å². The van der Waals surface area contributed by atoms with Crippen LogP contribution in [0.4, 0.5) is 0 Å². The highest BCUT2D eigenvalue weighted by molar-refractivity contribution is 5.38. The SMILES string of the molecule is Cc1ccccc1OCc1c(C2CC2)noc1-n1nnn(C)c1=O. The summed E-state index contributed by atoms with van der Waals surface area (Å²) >= 11 is 0. The lowest BCUT2D eigenvalue weighted by Crippen LogP contribution is -2.22. The van der Waals surface area contributed by atoms with Crippen LogP contribution in [0.25, 0.3) is 5.88 Å². The molecule has 0 spiro atoms. The molecule has 1 aromatic carbocycles. The standard InChI is InChI=1S/C16H17N5O3/c1-10-5-3-4-6-13(10)23-9-12-14(11-7-8-11)17-24-15(12)21-16(22)20(2)18-19-21/h3-6,11H,7-9H2,1-2H3. The van der Waals surface area contributed by atoms with Crippen LogP contribution in [-0.2, 0) is 13.7 Å². The molecule has 1 aliphatic carbocycles. The van der Waals surface area contributed by atoms with Crippen LogP contribution in [-0.4, -0.2) is 24.9 Å². The first-order chi connectivity index (χ1) is 11.6. The van der Waals surface area contributed by atoms with E-state index in [1.54, 1.807) is 0 Å². The number of aryl methyl sites for hydroxylation is 2. The first kappa shape index (κ1) is 14.7. The second-order valence-electron chi connectivity index (χ2n) is 5.98. The number of para-hydroxylation sites is 1. The van der Waals surface area contributed by atoms with Gasteiger partial charge in [-0.3, -0.25) is 0 Å². The second kappa shape index (κ2) is 5.63. The molecule has 0 radical (unpaired) electrons. The van der Waals surface area contributed by atoms with E-state index in [0.29, 0.717) is 5.92 Å². The van der Waals surface area contributed by atoms with Gasteiger partial charge in [0.05, 0.1) is 11.3 Å². The smallest absolute Gasteiger partial charge is 0.370 e. The first-order valence-electron chi connectivity index (χ1n) is 7.81. The first-order valence-corrected chi connectivity index (χ1v) is 7.81. The predicted octanol–water partition coefficient (Wildman–Crippen LogP) is 1.72. The van der Waals surface area contributed by atoms with E-state index in [2.05, 4.69) is 15.6 Å². The zero-order chi connectivity index (χ0) is 16.7. The monoisotopic (exact) mass is 327 g/mol. The van der Waals surface area contributed by atoms with Gasteiger partial charge in [-0.05, 0) is 41.8 Å². The molecule has 0 aliphatic heterocycles. The molecule has 0 atom stereocenters. The fourth-order valence-electron chi connectivity index (χ4n) is 2.60. The van der Waals surface area contributed by atoms with Gasteiger partial charge in [0.2, 0.25) is 0 Å². The van der Waals surface area contributed by atoms with Crippen molar-refractivity contribution in [2.75, 3.05) is 0 Å². The fourth-order valence-corrected chi connectivity index (χ4v) is 2.60. The number of hydrogen-bond acceptors (Lipinski definition) is 6. The molecule has 8 nitrogen and oxygen atoms in total. The zero-order valence-corrected chi connectivity index (χ0v) is 13.5. The summed E-state index contributed by atoms with van der Waals surface area (Å²) in [6, 6.07) is 7.78. The second-order valence-corrected chi connectivity index (χ2v) is 5.98. The van der Waals surface area contributed by atoms with E-state index >= 15 is 0 Å². The lowest BCUT2D eigenvalue weighted by Gasteiger charge is -2.09. The van der Waals surface area contributed by atoms with Crippen LogP contribution in [0.2, 0.25) is 0 Å². The average molecular weight is 327 g/mol. The van der Waals surface area contributed by atoms with E-state index in [1.165, 1.54) is 7.05 Å². The Hall–Kier alpha value is -2.90. The molecule has 2 aromatic heterocycles. The van der Waals surface area contributed by atoms with Gasteiger partial charge in [0, 0.05) is 13.0 Å². The van der Waals surface area contributed by atoms with E-state index in [9.17, 15) is 4.79 Å². The van der Waals surface area contributed by atoms with Gasteiger partial charge in [0.25, 0.3) is 5.88 Å². The van der Waals surface area contributed by atoms with E-state index in [4.69, 9.17) is 9.26 Å². The summed E-state index contributed by atoms with van der Waals surface area (Å²) in [5.41, 5.74) is 2.25. The van der Waals surface area contributed by atoms with Crippen molar-refractivity contribution in [1.29, 1.82) is 0 Å². The van der Waals surface area contributed by atoms with Crippen molar-refractivity contribution >= 4 is 0 Å². The van der Waals surface area contributed by atoms with Crippen molar-refractivity contribution in [3.63, 3.8) is 0 Å². The highest BCUT2D eigenvalue weighted by atomic mass is 16.5. The third-order valence-corrected chi connectivity index (χ3v) is 4.14. The minimum atomic E-state index is -0.384. The minimum Gasteiger partial charge on any atom is -0.488 e. The van der Waals surface area contributed by atoms with Crippen LogP contribution in [0.15, 0.2) is 33.6 Å². The van der Waals surface area contributed by atoms with Gasteiger partial charge in [0.1, 0.15) is 12.4 Å². The number of hydrogen-bond donors (Lipinski definition) is 0. The number of ether oxygens (including phenoxy) is 1. The molecule has 1 saturated carbocycles. The van der Waals surface area contributed by atoms with Crippen molar-refractivity contribution in [1.82, 2.24) is 24.9 Å². The number of aromatic nitrogens is 5. The van der Waals surface area contributed by atoms with Gasteiger partial charge in [-0.25, -0.2) is 4.79 Å². The number of tetrazole rings is 1. The van der Waals surface area contributed by atoms with E-state index in [-0.39, 0.29) is 18.2 Å². The predicted molar refractivity (Wildman–Crippen MR) is 84.1 cm³/mol. The maximum atomic E-state index is 12.1. The molecule has 24 heavy (non-hydrogen) atoms. The van der Waals surface area contributed by atoms with Crippen molar-refractivity contribution in [2.24, 2.45) is 7.05 Å². The van der Waals surface area contributed by atoms with Crippen molar-refractivity contribution in [2.45, 2.75) is 32.3 Å². The van der Waals surface area contributed by atoms with Crippen molar-refractivity contribution < 1.29 is 9.26 Å². The molecule has 0 unspecified atom stereocenters. The molecule has 0 saturated heterocycles. The number of nitrogens with zero attached hydrogens (tertiary/aromatic N) is 5. The van der Waals surface area contributed by atoms with Crippen LogP contribution in [0.3, 0.4) is 0 Å². The fraction of sp³-hybridized carbons (Fsp3) is 0.375. The average Bonchev–Trinajstić information content (AvgIpc) is 3.26. The molecule has 3 aromatic rings. The normalized spacial score (nSPS) is 14.1. The van der Waals surface area contributed by atoms with Crippen LogP contribution in [0, 0.1) is 6.92 Å². The Morgan fingerprint density at radius 2 is 2.08 bits per heavy atom. The summed E-state index contributed by atoms with van der Waals surface area (Å²) < 4.78 is 13.6. The maximum Gasteiger partial charge on any atom is 0.370 e. The lowest BCUT2D eigenvalue weighted by molar-refractivity contribution is 0.300. The van der Waals surface area contributed by atoms with Gasteiger partial charge in [-0.2, -0.15) is 4.68 Å². The van der Waals surface area contributed by atoms with E-state index in [0.717, 1.165) is 44.8 Å². The Kier molecular flexibility index (Phi) is 3.44. The zero-order valence-electron chi connectivity index (χ0n) is 13.5. The van der Waals surface area contributed by atoms with Gasteiger partial charge in [-0.1, -0.05) is 23.4 Å². The summed E-state index contributed by atoms with van der Waals surface area (Å²) in [5, 5.41) is 11.7. The summed E-state index contributed by atoms with van der Waals surface area (Å²) in [6.45, 7) is 2.25. The van der Waals surface area contributed by atoms with Gasteiger partial charge in [0.15, 0.2) is 0 Å². The highest BCUT2D eigenvalue weighted by Gasteiger charge is 2.33. The Balaban J connectivity index is 1.70. The molecule has 1 aliphatic rings. The van der Waals surface area contributed by atoms with Gasteiger partial charge < -0.3 is 9.26 Å². The molecular weight excluding hydrogens is 310 g/mol. The molecule has 0 bridgehead atoms. The molecule has 0 amide bonds. The summed E-state index contributed by atoms with van der Waals surface area (Å²) in [7, 11) is 1.54. The molecule has 1 fully saturated rings. The van der Waals surface area contributed by atoms with Crippen LogP contribution < -0.4 is 10.4 Å². The minimum absolute atomic E-state index is 0.262. The molecule has 2 heterocycles. The van der Waals surface area contributed by atoms with Crippen molar-refractivity contribution in [3.05, 3.63) is 51.6 Å². The molecule has 124 valence electrons. The number of rotatable bonds is 5. The Labute approximate surface area is 137 Å². The molecule has 8 heteroatoms. The number of benzene rings is 1. The summed E-state index contributed by atoms with van der Waals surface area (Å²) in [6.07, 6.45) is 2.14. The van der Waals surface area contributed by atoms with Crippen molar-refractivity contribution in [3.8, 4) is 11.6 Å². The largest absolute Gasteiger partial charge is 0.488 e. The topological polar surface area (TPSA) is 88.0 Å². The molecular formula is C16H17N5O3. The third-order valence-electron chi connectivity index (χ3n) is 4.14. The molecule has 4 rings (SSSR count). The third kappa shape index (κ3) is 2.49. The van der Waals surface area contributed by atoms with Crippen LogP contribution >= 0.6 is 0 Å². The van der Waals surface area contributed by atoms with Crippen LogP contribution in [0.1, 0.15) is 35.6 Å². The quantitative estimate of drug-likeness (QED) is 0.709. The van der Waals surface area contributed by atoms with Crippen LogP contribution in [0.5, 0.6) is 5.75 Å². The summed E-state index contributed by atoms with van der Waals surface area (Å²) in [5.74, 6) is 1.44. The van der Waals surface area contributed by atoms with E-state index < -0.39 is 0 Å². The lowest BCUT2D eigenvalue weighted by atomic mass is 10.1. The van der Waals surface area contributed by atoms with Gasteiger partial charge in [-0.15, -0.1) is 4.68 Å². The Bertz CT molecular complexity index is 935. The highest BCUT2D eigenvalue weighted by Crippen LogP contribution is 2.42. The maximum absolute atomic E-state index is 12.1. The Morgan fingerprint density at radius 3 is 2.75 bits per heavy atom. The van der Waals surface area contributed by atoms with E-state index in [1.807, 2.05) is 31.2 Å². The molecule has 0 N–H and O–H groups in total. The Morgan fingerprint density at radius 1 is 1.29 bits per heavy atom.